The minimum absolute atomic E-state index is 0.285. The number of aromatic nitrogens is 1. The van der Waals surface area contributed by atoms with Crippen LogP contribution in [0, 0.1) is 5.92 Å². The van der Waals surface area contributed by atoms with Crippen molar-refractivity contribution in [2.24, 2.45) is 5.92 Å². The van der Waals surface area contributed by atoms with E-state index in [9.17, 15) is 0 Å². The van der Waals surface area contributed by atoms with Crippen LogP contribution in [0.25, 0.3) is 11.3 Å². The van der Waals surface area contributed by atoms with Crippen LogP contribution < -0.4 is 4.74 Å². The lowest BCUT2D eigenvalue weighted by Gasteiger charge is -2.29. The molecule has 0 bridgehead atoms. The molecule has 0 aliphatic heterocycles. The third-order valence-electron chi connectivity index (χ3n) is 7.06. The minimum Gasteiger partial charge on any atom is -0.490 e. The molecule has 2 aromatic rings. The molecule has 1 fully saturated rings. The lowest BCUT2D eigenvalue weighted by molar-refractivity contribution is 0.0426. The Labute approximate surface area is 195 Å². The molecule has 1 atom stereocenters. The predicted octanol–water partition coefficient (Wildman–Crippen LogP) is 8.19. The third-order valence-corrected chi connectivity index (χ3v) is 7.06. The number of hydrogen-bond donors (Lipinski definition) is 0. The monoisotopic (exact) mass is 437 g/mol. The van der Waals surface area contributed by atoms with Gasteiger partial charge in [0.15, 0.2) is 0 Å². The first-order valence-corrected chi connectivity index (χ1v) is 13.0. The van der Waals surface area contributed by atoms with Gasteiger partial charge in [0.25, 0.3) is 0 Å². The second kappa shape index (κ2) is 13.6. The summed E-state index contributed by atoms with van der Waals surface area (Å²) in [6.45, 7) is 7.67. The molecule has 0 spiro atoms. The number of unbranched alkanes of at least 4 members (excludes halogenated alkanes) is 3. The highest BCUT2D eigenvalue weighted by Gasteiger charge is 2.22. The SMILES string of the molecule is CCCCCCC1CCC(c2ccc(-c3ccc(OCCOC(C)CC)cn3)cc2)CC1. The van der Waals surface area contributed by atoms with Crippen molar-refractivity contribution in [3.63, 3.8) is 0 Å². The molecule has 1 aliphatic rings. The molecule has 1 unspecified atom stereocenters. The number of pyridine rings is 1. The number of hydrogen-bond acceptors (Lipinski definition) is 3. The predicted molar refractivity (Wildman–Crippen MR) is 134 cm³/mol. The Morgan fingerprint density at radius 3 is 2.34 bits per heavy atom. The maximum Gasteiger partial charge on any atom is 0.137 e. The summed E-state index contributed by atoms with van der Waals surface area (Å²) in [5.41, 5.74) is 3.67. The molecular formula is C29H43NO2. The molecule has 1 heterocycles. The molecule has 1 aliphatic carbocycles. The van der Waals surface area contributed by atoms with Gasteiger partial charge in [0.1, 0.15) is 12.4 Å². The quantitative estimate of drug-likeness (QED) is 0.296. The van der Waals surface area contributed by atoms with Crippen LogP contribution in [-0.2, 0) is 4.74 Å². The Morgan fingerprint density at radius 1 is 0.906 bits per heavy atom. The van der Waals surface area contributed by atoms with E-state index in [1.807, 2.05) is 18.3 Å². The molecule has 32 heavy (non-hydrogen) atoms. The van der Waals surface area contributed by atoms with Crippen LogP contribution in [0.3, 0.4) is 0 Å². The van der Waals surface area contributed by atoms with Gasteiger partial charge in [-0.3, -0.25) is 4.98 Å². The van der Waals surface area contributed by atoms with Crippen LogP contribution in [0.4, 0.5) is 0 Å². The van der Waals surface area contributed by atoms with E-state index in [1.54, 1.807) is 0 Å². The standard InChI is InChI=1S/C29H43NO2/c1-4-6-7-8-9-24-10-12-25(13-11-24)26-14-16-27(17-15-26)29-19-18-28(22-30-29)32-21-20-31-23(3)5-2/h14-19,22-25H,4-13,20-21H2,1-3H3. The van der Waals surface area contributed by atoms with Crippen LogP contribution in [-0.4, -0.2) is 24.3 Å². The average molecular weight is 438 g/mol. The van der Waals surface area contributed by atoms with Crippen LogP contribution in [0.15, 0.2) is 42.6 Å². The zero-order valence-corrected chi connectivity index (χ0v) is 20.5. The van der Waals surface area contributed by atoms with E-state index in [4.69, 9.17) is 9.47 Å². The van der Waals surface area contributed by atoms with Crippen molar-refractivity contribution in [1.29, 1.82) is 0 Å². The maximum atomic E-state index is 5.75. The summed E-state index contributed by atoms with van der Waals surface area (Å²) in [5, 5.41) is 0. The molecule has 3 rings (SSSR count). The van der Waals surface area contributed by atoms with E-state index in [-0.39, 0.29) is 6.10 Å². The zero-order chi connectivity index (χ0) is 22.6. The molecule has 1 saturated carbocycles. The molecule has 1 aromatic carbocycles. The van der Waals surface area contributed by atoms with Gasteiger partial charge < -0.3 is 9.47 Å². The van der Waals surface area contributed by atoms with E-state index in [2.05, 4.69) is 50.0 Å². The second-order valence-electron chi connectivity index (χ2n) is 9.51. The fraction of sp³-hybridized carbons (Fsp3) is 0.621. The molecule has 0 radical (unpaired) electrons. The topological polar surface area (TPSA) is 31.4 Å². The second-order valence-corrected chi connectivity index (χ2v) is 9.51. The summed E-state index contributed by atoms with van der Waals surface area (Å²) in [5.74, 6) is 2.50. The summed E-state index contributed by atoms with van der Waals surface area (Å²) in [6, 6.07) is 13.1. The number of benzene rings is 1. The Kier molecular flexibility index (Phi) is 10.5. The van der Waals surface area contributed by atoms with Crippen LogP contribution >= 0.6 is 0 Å². The molecule has 0 saturated heterocycles. The summed E-state index contributed by atoms with van der Waals surface area (Å²) < 4.78 is 11.4. The van der Waals surface area contributed by atoms with Crippen LogP contribution in [0.1, 0.15) is 96.5 Å². The van der Waals surface area contributed by atoms with E-state index in [0.29, 0.717) is 13.2 Å². The van der Waals surface area contributed by atoms with Gasteiger partial charge >= 0.3 is 0 Å². The van der Waals surface area contributed by atoms with E-state index in [0.717, 1.165) is 29.7 Å². The first kappa shape index (κ1) is 24.8. The third kappa shape index (κ3) is 7.92. The van der Waals surface area contributed by atoms with Gasteiger partial charge in [0.05, 0.1) is 24.6 Å². The van der Waals surface area contributed by atoms with Crippen LogP contribution in [0.2, 0.25) is 0 Å². The molecule has 0 amide bonds. The fourth-order valence-electron chi connectivity index (χ4n) is 4.73. The number of rotatable bonds is 13. The van der Waals surface area contributed by atoms with E-state index < -0.39 is 0 Å². The first-order valence-electron chi connectivity index (χ1n) is 13.0. The minimum atomic E-state index is 0.285. The van der Waals surface area contributed by atoms with Crippen molar-refractivity contribution >= 4 is 0 Å². The Balaban J connectivity index is 1.43. The van der Waals surface area contributed by atoms with Crippen molar-refractivity contribution in [1.82, 2.24) is 4.98 Å². The van der Waals surface area contributed by atoms with Gasteiger partial charge in [-0.05, 0) is 68.6 Å². The van der Waals surface area contributed by atoms with Crippen molar-refractivity contribution in [3.8, 4) is 17.0 Å². The summed E-state index contributed by atoms with van der Waals surface area (Å²) in [6.07, 6.45) is 15.7. The van der Waals surface area contributed by atoms with Gasteiger partial charge in [-0.15, -0.1) is 0 Å². The summed E-state index contributed by atoms with van der Waals surface area (Å²) in [4.78, 5) is 4.61. The van der Waals surface area contributed by atoms with E-state index >= 15 is 0 Å². The van der Waals surface area contributed by atoms with Gasteiger partial charge in [0, 0.05) is 5.56 Å². The van der Waals surface area contributed by atoms with Gasteiger partial charge in [-0.2, -0.15) is 0 Å². The highest BCUT2D eigenvalue weighted by molar-refractivity contribution is 5.60. The highest BCUT2D eigenvalue weighted by atomic mass is 16.5. The van der Waals surface area contributed by atoms with Crippen molar-refractivity contribution in [3.05, 3.63) is 48.2 Å². The first-order chi connectivity index (χ1) is 15.7. The Bertz CT molecular complexity index is 748. The Hall–Kier alpha value is -1.87. The summed E-state index contributed by atoms with van der Waals surface area (Å²) in [7, 11) is 0. The smallest absolute Gasteiger partial charge is 0.137 e. The van der Waals surface area contributed by atoms with Crippen molar-refractivity contribution in [2.45, 2.75) is 97.0 Å². The van der Waals surface area contributed by atoms with Crippen LogP contribution in [0.5, 0.6) is 5.75 Å². The molecular weight excluding hydrogens is 394 g/mol. The van der Waals surface area contributed by atoms with Crippen molar-refractivity contribution < 1.29 is 9.47 Å². The fourth-order valence-corrected chi connectivity index (χ4v) is 4.73. The molecule has 3 nitrogen and oxygen atoms in total. The lowest BCUT2D eigenvalue weighted by atomic mass is 9.77. The Morgan fingerprint density at radius 2 is 1.69 bits per heavy atom. The number of ether oxygens (including phenoxy) is 2. The van der Waals surface area contributed by atoms with E-state index in [1.165, 1.54) is 68.9 Å². The zero-order valence-electron chi connectivity index (χ0n) is 20.5. The lowest BCUT2D eigenvalue weighted by Crippen LogP contribution is -2.13. The molecule has 176 valence electrons. The average Bonchev–Trinajstić information content (AvgIpc) is 2.85. The maximum absolute atomic E-state index is 5.75. The highest BCUT2D eigenvalue weighted by Crippen LogP contribution is 2.38. The van der Waals surface area contributed by atoms with Crippen molar-refractivity contribution in [2.75, 3.05) is 13.2 Å². The molecule has 1 aromatic heterocycles. The van der Waals surface area contributed by atoms with Gasteiger partial charge in [-0.25, -0.2) is 0 Å². The number of nitrogens with zero attached hydrogens (tertiary/aromatic N) is 1. The van der Waals surface area contributed by atoms with Gasteiger partial charge in [-0.1, -0.05) is 70.2 Å². The molecule has 3 heteroatoms. The normalized spacial score (nSPS) is 19.6. The molecule has 0 N–H and O–H groups in total. The largest absolute Gasteiger partial charge is 0.490 e. The summed E-state index contributed by atoms with van der Waals surface area (Å²) >= 11 is 0. The van der Waals surface area contributed by atoms with Gasteiger partial charge in [0.2, 0.25) is 0 Å².